The molecule has 0 amide bonds. The van der Waals surface area contributed by atoms with E-state index in [-0.39, 0.29) is 5.69 Å². The lowest BCUT2D eigenvalue weighted by Gasteiger charge is -2.03. The number of carboxylic acid groups (broad SMARTS) is 1. The minimum Gasteiger partial charge on any atom is -0.476 e. The highest BCUT2D eigenvalue weighted by Gasteiger charge is 2.22. The Bertz CT molecular complexity index is 761. The van der Waals surface area contributed by atoms with Crippen LogP contribution in [-0.2, 0) is 13.1 Å². The summed E-state index contributed by atoms with van der Waals surface area (Å²) >= 11 is 1.48. The molecular formula is C12H12N6O2S. The van der Waals surface area contributed by atoms with Gasteiger partial charge < -0.3 is 5.11 Å². The fraction of sp³-hybridized carbons (Fsp3) is 0.250. The summed E-state index contributed by atoms with van der Waals surface area (Å²) in [6.07, 6.45) is 5.10. The van der Waals surface area contributed by atoms with Crippen LogP contribution in [0.4, 0.5) is 0 Å². The Labute approximate surface area is 123 Å². The monoisotopic (exact) mass is 304 g/mol. The summed E-state index contributed by atoms with van der Waals surface area (Å²) in [5, 5.41) is 23.8. The molecule has 0 atom stereocenters. The predicted octanol–water partition coefficient (Wildman–Crippen LogP) is 1.36. The number of carboxylic acids is 1. The van der Waals surface area contributed by atoms with Crippen molar-refractivity contribution in [3.8, 4) is 11.3 Å². The molecule has 8 nitrogen and oxygen atoms in total. The molecule has 0 aliphatic heterocycles. The maximum absolute atomic E-state index is 11.3. The van der Waals surface area contributed by atoms with Crippen LogP contribution in [0.1, 0.15) is 22.4 Å². The van der Waals surface area contributed by atoms with Gasteiger partial charge in [0.1, 0.15) is 10.7 Å². The van der Waals surface area contributed by atoms with Gasteiger partial charge in [-0.15, -0.1) is 16.4 Å². The van der Waals surface area contributed by atoms with Crippen LogP contribution in [0.3, 0.4) is 0 Å². The predicted molar refractivity (Wildman–Crippen MR) is 75.1 cm³/mol. The highest BCUT2D eigenvalue weighted by atomic mass is 32.1. The third kappa shape index (κ3) is 2.55. The lowest BCUT2D eigenvalue weighted by molar-refractivity contribution is 0.0691. The Kier molecular flexibility index (Phi) is 3.48. The van der Waals surface area contributed by atoms with E-state index in [1.54, 1.807) is 28.0 Å². The molecule has 0 radical (unpaired) electrons. The summed E-state index contributed by atoms with van der Waals surface area (Å²) in [6.45, 7) is 3.04. The number of hydrogen-bond donors (Lipinski definition) is 1. The van der Waals surface area contributed by atoms with E-state index in [0.717, 1.165) is 5.01 Å². The minimum atomic E-state index is -1.11. The zero-order valence-corrected chi connectivity index (χ0v) is 12.0. The molecule has 21 heavy (non-hydrogen) atoms. The number of aromatic nitrogens is 6. The molecule has 9 heteroatoms. The standard InChI is InChI=1S/C12H12N6O2S/c1-2-17-6-8(5-14-17)11-10(12(19)20)15-16-18(11)7-9-13-3-4-21-9/h3-6H,2,7H2,1H3,(H,19,20). The quantitative estimate of drug-likeness (QED) is 0.764. The molecule has 0 bridgehead atoms. The molecule has 0 unspecified atom stereocenters. The lowest BCUT2D eigenvalue weighted by Crippen LogP contribution is -2.05. The molecule has 0 saturated carbocycles. The molecule has 108 valence electrons. The van der Waals surface area contributed by atoms with Crippen LogP contribution in [0.2, 0.25) is 0 Å². The Hall–Kier alpha value is -2.55. The first kappa shape index (κ1) is 13.4. The van der Waals surface area contributed by atoms with E-state index in [1.165, 1.54) is 11.3 Å². The fourth-order valence-electron chi connectivity index (χ4n) is 1.97. The summed E-state index contributed by atoms with van der Waals surface area (Å²) in [5.41, 5.74) is 1.04. The third-order valence-corrected chi connectivity index (χ3v) is 3.70. The van der Waals surface area contributed by atoms with Crippen molar-refractivity contribution in [1.82, 2.24) is 29.8 Å². The van der Waals surface area contributed by atoms with Crippen molar-refractivity contribution in [3.63, 3.8) is 0 Å². The van der Waals surface area contributed by atoms with Crippen molar-refractivity contribution in [2.24, 2.45) is 0 Å². The van der Waals surface area contributed by atoms with Crippen LogP contribution in [0.5, 0.6) is 0 Å². The van der Waals surface area contributed by atoms with Crippen molar-refractivity contribution in [1.29, 1.82) is 0 Å². The van der Waals surface area contributed by atoms with Crippen molar-refractivity contribution in [3.05, 3.63) is 34.7 Å². The summed E-state index contributed by atoms with van der Waals surface area (Å²) in [5.74, 6) is -1.11. The average molecular weight is 304 g/mol. The second-order valence-electron chi connectivity index (χ2n) is 4.26. The van der Waals surface area contributed by atoms with Gasteiger partial charge in [-0.05, 0) is 6.92 Å². The van der Waals surface area contributed by atoms with Crippen LogP contribution in [-0.4, -0.2) is 40.8 Å². The highest BCUT2D eigenvalue weighted by molar-refractivity contribution is 7.09. The second kappa shape index (κ2) is 5.44. The van der Waals surface area contributed by atoms with Gasteiger partial charge in [-0.2, -0.15) is 5.10 Å². The molecule has 1 N–H and O–H groups in total. The zero-order chi connectivity index (χ0) is 14.8. The van der Waals surface area contributed by atoms with E-state index in [1.807, 2.05) is 12.3 Å². The molecule has 0 aliphatic rings. The van der Waals surface area contributed by atoms with Gasteiger partial charge >= 0.3 is 5.97 Å². The molecule has 0 aromatic carbocycles. The first-order chi connectivity index (χ1) is 10.2. The molecule has 0 fully saturated rings. The highest BCUT2D eigenvalue weighted by Crippen LogP contribution is 2.23. The molecule has 3 aromatic rings. The van der Waals surface area contributed by atoms with E-state index in [4.69, 9.17) is 0 Å². The van der Waals surface area contributed by atoms with Crippen LogP contribution in [0.25, 0.3) is 11.3 Å². The number of thiazole rings is 1. The number of aryl methyl sites for hydroxylation is 1. The fourth-order valence-corrected chi connectivity index (χ4v) is 2.57. The van der Waals surface area contributed by atoms with Gasteiger partial charge in [-0.25, -0.2) is 14.5 Å². The largest absolute Gasteiger partial charge is 0.476 e. The Morgan fingerprint density at radius 3 is 2.95 bits per heavy atom. The Balaban J connectivity index is 2.06. The van der Waals surface area contributed by atoms with E-state index >= 15 is 0 Å². The number of rotatable bonds is 5. The third-order valence-electron chi connectivity index (χ3n) is 2.94. The molecule has 0 saturated heterocycles. The van der Waals surface area contributed by atoms with Gasteiger partial charge in [0.25, 0.3) is 0 Å². The van der Waals surface area contributed by atoms with Crippen LogP contribution in [0.15, 0.2) is 24.0 Å². The van der Waals surface area contributed by atoms with Crippen LogP contribution in [0, 0.1) is 0 Å². The van der Waals surface area contributed by atoms with E-state index in [0.29, 0.717) is 24.3 Å². The van der Waals surface area contributed by atoms with Gasteiger partial charge in [0, 0.05) is 29.9 Å². The Morgan fingerprint density at radius 1 is 1.48 bits per heavy atom. The molecule has 3 rings (SSSR count). The number of carbonyl (C=O) groups is 1. The smallest absolute Gasteiger partial charge is 0.358 e. The van der Waals surface area contributed by atoms with Gasteiger partial charge in [0.2, 0.25) is 0 Å². The Morgan fingerprint density at radius 2 is 2.33 bits per heavy atom. The van der Waals surface area contributed by atoms with Crippen LogP contribution < -0.4 is 0 Å². The first-order valence-corrected chi connectivity index (χ1v) is 7.15. The van der Waals surface area contributed by atoms with Gasteiger partial charge in [0.15, 0.2) is 5.69 Å². The van der Waals surface area contributed by atoms with Crippen molar-refractivity contribution in [2.75, 3.05) is 0 Å². The maximum atomic E-state index is 11.3. The maximum Gasteiger partial charge on any atom is 0.358 e. The van der Waals surface area contributed by atoms with Crippen molar-refractivity contribution in [2.45, 2.75) is 20.0 Å². The van der Waals surface area contributed by atoms with Gasteiger partial charge in [-0.1, -0.05) is 5.21 Å². The number of hydrogen-bond acceptors (Lipinski definition) is 6. The van der Waals surface area contributed by atoms with Gasteiger partial charge in [-0.3, -0.25) is 4.68 Å². The molecular weight excluding hydrogens is 292 g/mol. The molecule has 3 heterocycles. The summed E-state index contributed by atoms with van der Waals surface area (Å²) in [7, 11) is 0. The van der Waals surface area contributed by atoms with Crippen molar-refractivity contribution >= 4 is 17.3 Å². The minimum absolute atomic E-state index is 0.0813. The average Bonchev–Trinajstić information content (AvgIpc) is 3.18. The zero-order valence-electron chi connectivity index (χ0n) is 11.2. The van der Waals surface area contributed by atoms with E-state index < -0.39 is 5.97 Å². The second-order valence-corrected chi connectivity index (χ2v) is 5.24. The summed E-state index contributed by atoms with van der Waals surface area (Å²) in [6, 6.07) is 0. The lowest BCUT2D eigenvalue weighted by atomic mass is 10.2. The first-order valence-electron chi connectivity index (χ1n) is 6.27. The molecule has 0 aliphatic carbocycles. The SMILES string of the molecule is CCn1cc(-c2c(C(=O)O)nnn2Cc2nccs2)cn1. The topological polar surface area (TPSA) is 98.7 Å². The normalized spacial score (nSPS) is 10.9. The van der Waals surface area contributed by atoms with E-state index in [9.17, 15) is 9.90 Å². The number of aromatic carboxylic acids is 1. The molecule has 0 spiro atoms. The molecule has 3 aromatic heterocycles. The summed E-state index contributed by atoms with van der Waals surface area (Å²) in [4.78, 5) is 15.5. The van der Waals surface area contributed by atoms with Crippen molar-refractivity contribution < 1.29 is 9.90 Å². The van der Waals surface area contributed by atoms with E-state index in [2.05, 4.69) is 20.4 Å². The summed E-state index contributed by atoms with van der Waals surface area (Å²) < 4.78 is 3.26. The van der Waals surface area contributed by atoms with Crippen LogP contribution >= 0.6 is 11.3 Å². The number of nitrogens with zero attached hydrogens (tertiary/aromatic N) is 6. The van der Waals surface area contributed by atoms with Gasteiger partial charge in [0.05, 0.1) is 12.7 Å².